The van der Waals surface area contributed by atoms with Crippen LogP contribution in [0, 0.1) is 5.92 Å². The fourth-order valence-electron chi connectivity index (χ4n) is 1.89. The van der Waals surface area contributed by atoms with E-state index in [0.717, 1.165) is 0 Å². The summed E-state index contributed by atoms with van der Waals surface area (Å²) in [7, 11) is 0. The Bertz CT molecular complexity index is 230. The fraction of sp³-hybridized carbons (Fsp3) is 0.889. The van der Waals surface area contributed by atoms with Crippen LogP contribution in [0.25, 0.3) is 0 Å². The molecule has 88 valence electrons. The highest BCUT2D eigenvalue weighted by atomic mass is 19.4. The number of piperidine rings is 1. The number of amides is 1. The highest BCUT2D eigenvalue weighted by Crippen LogP contribution is 2.30. The van der Waals surface area contributed by atoms with Crippen LogP contribution in [-0.2, 0) is 4.79 Å². The van der Waals surface area contributed by atoms with E-state index in [1.165, 1.54) is 4.90 Å². The summed E-state index contributed by atoms with van der Waals surface area (Å²) in [6.45, 7) is -0.0641. The molecule has 0 spiro atoms. The lowest BCUT2D eigenvalue weighted by Crippen LogP contribution is -2.42. The van der Waals surface area contributed by atoms with Gasteiger partial charge >= 0.3 is 6.18 Å². The van der Waals surface area contributed by atoms with Crippen LogP contribution in [0.15, 0.2) is 0 Å². The standard InChI is InChI=1S/C9H14F3NO2/c10-9(11,12)4-7-2-1-3-13(5-7)8(15)6-14/h7,14H,1-6H2. The van der Waals surface area contributed by atoms with Crippen molar-refractivity contribution < 1.29 is 23.1 Å². The first-order chi connectivity index (χ1) is 6.92. The molecule has 3 nitrogen and oxygen atoms in total. The van der Waals surface area contributed by atoms with E-state index in [4.69, 9.17) is 5.11 Å². The summed E-state index contributed by atoms with van der Waals surface area (Å²) in [6, 6.07) is 0. The Kier molecular flexibility index (Phi) is 3.96. The second-order valence-corrected chi connectivity index (χ2v) is 3.83. The number of hydrogen-bond acceptors (Lipinski definition) is 2. The van der Waals surface area contributed by atoms with Gasteiger partial charge in [0.05, 0.1) is 0 Å². The molecule has 1 heterocycles. The van der Waals surface area contributed by atoms with Gasteiger partial charge in [-0.05, 0) is 18.8 Å². The van der Waals surface area contributed by atoms with E-state index in [-0.39, 0.29) is 6.54 Å². The summed E-state index contributed by atoms with van der Waals surface area (Å²) in [5.41, 5.74) is 0. The van der Waals surface area contributed by atoms with Gasteiger partial charge in [0.2, 0.25) is 5.91 Å². The second-order valence-electron chi connectivity index (χ2n) is 3.83. The van der Waals surface area contributed by atoms with Crippen molar-refractivity contribution in [1.29, 1.82) is 0 Å². The summed E-state index contributed by atoms with van der Waals surface area (Å²) in [5.74, 6) is -1.00. The summed E-state index contributed by atoms with van der Waals surface area (Å²) in [4.78, 5) is 12.4. The van der Waals surface area contributed by atoms with Crippen molar-refractivity contribution in [2.75, 3.05) is 19.7 Å². The minimum Gasteiger partial charge on any atom is -0.387 e. The zero-order chi connectivity index (χ0) is 11.5. The van der Waals surface area contributed by atoms with Crippen molar-refractivity contribution in [1.82, 2.24) is 4.90 Å². The van der Waals surface area contributed by atoms with Crippen LogP contribution in [-0.4, -0.2) is 41.8 Å². The van der Waals surface area contributed by atoms with Crippen LogP contribution in [0.3, 0.4) is 0 Å². The first-order valence-electron chi connectivity index (χ1n) is 4.88. The molecule has 0 aromatic carbocycles. The van der Waals surface area contributed by atoms with Crippen molar-refractivity contribution in [3.8, 4) is 0 Å². The number of carbonyl (C=O) groups excluding carboxylic acids is 1. The third-order valence-electron chi connectivity index (χ3n) is 2.53. The molecule has 1 aliphatic heterocycles. The Morgan fingerprint density at radius 1 is 1.47 bits per heavy atom. The van der Waals surface area contributed by atoms with Crippen molar-refractivity contribution >= 4 is 5.91 Å². The predicted molar refractivity (Wildman–Crippen MR) is 47.1 cm³/mol. The highest BCUT2D eigenvalue weighted by molar-refractivity contribution is 5.77. The van der Waals surface area contributed by atoms with Gasteiger partial charge in [-0.1, -0.05) is 0 Å². The molecule has 1 aliphatic rings. The molecule has 1 saturated heterocycles. The van der Waals surface area contributed by atoms with Crippen LogP contribution in [0.4, 0.5) is 13.2 Å². The summed E-state index contributed by atoms with van der Waals surface area (Å²) in [5, 5.41) is 8.59. The Labute approximate surface area is 85.9 Å². The van der Waals surface area contributed by atoms with E-state index in [9.17, 15) is 18.0 Å². The third kappa shape index (κ3) is 4.07. The zero-order valence-electron chi connectivity index (χ0n) is 8.26. The quantitative estimate of drug-likeness (QED) is 0.766. The smallest absolute Gasteiger partial charge is 0.387 e. The molecule has 0 aromatic heterocycles. The molecule has 1 amide bonds. The third-order valence-corrected chi connectivity index (χ3v) is 2.53. The molecular weight excluding hydrogens is 211 g/mol. The maximum atomic E-state index is 12.1. The average Bonchev–Trinajstić information content (AvgIpc) is 2.14. The maximum absolute atomic E-state index is 12.1. The van der Waals surface area contributed by atoms with E-state index in [1.54, 1.807) is 0 Å². The minimum atomic E-state index is -4.17. The van der Waals surface area contributed by atoms with Gasteiger partial charge in [0, 0.05) is 19.5 Å². The SMILES string of the molecule is O=C(CO)N1CCCC(CC(F)(F)F)C1. The van der Waals surface area contributed by atoms with E-state index in [1.807, 2.05) is 0 Å². The molecule has 1 rings (SSSR count). The van der Waals surface area contributed by atoms with Gasteiger partial charge in [-0.3, -0.25) is 4.79 Å². The number of aliphatic hydroxyl groups excluding tert-OH is 1. The van der Waals surface area contributed by atoms with Crippen molar-refractivity contribution in [2.24, 2.45) is 5.92 Å². The van der Waals surface area contributed by atoms with Gasteiger partial charge in [-0.25, -0.2) is 0 Å². The number of carbonyl (C=O) groups is 1. The number of rotatable bonds is 2. The number of aliphatic hydroxyl groups is 1. The molecule has 1 unspecified atom stereocenters. The Morgan fingerprint density at radius 3 is 2.67 bits per heavy atom. The Hall–Kier alpha value is -0.780. The second kappa shape index (κ2) is 4.83. The van der Waals surface area contributed by atoms with Crippen LogP contribution >= 0.6 is 0 Å². The first-order valence-corrected chi connectivity index (χ1v) is 4.88. The molecule has 0 saturated carbocycles. The molecule has 0 radical (unpaired) electrons. The van der Waals surface area contributed by atoms with E-state index in [2.05, 4.69) is 0 Å². The summed E-state index contributed by atoms with van der Waals surface area (Å²) in [6.07, 6.45) is -3.95. The molecule has 0 aliphatic carbocycles. The molecule has 1 N–H and O–H groups in total. The number of alkyl halides is 3. The summed E-state index contributed by atoms with van der Waals surface area (Å²) < 4.78 is 36.3. The fourth-order valence-corrected chi connectivity index (χ4v) is 1.89. The largest absolute Gasteiger partial charge is 0.389 e. The van der Waals surface area contributed by atoms with Crippen molar-refractivity contribution in [3.63, 3.8) is 0 Å². The Morgan fingerprint density at radius 2 is 2.13 bits per heavy atom. The molecule has 1 atom stereocenters. The molecule has 6 heteroatoms. The molecule has 0 aromatic rings. The maximum Gasteiger partial charge on any atom is 0.389 e. The predicted octanol–water partition coefficient (Wildman–Crippen LogP) is 1.17. The zero-order valence-corrected chi connectivity index (χ0v) is 8.26. The van der Waals surface area contributed by atoms with Gasteiger partial charge in [0.15, 0.2) is 0 Å². The summed E-state index contributed by atoms with van der Waals surface area (Å²) >= 11 is 0. The van der Waals surface area contributed by atoms with Gasteiger partial charge in [-0.2, -0.15) is 13.2 Å². The highest BCUT2D eigenvalue weighted by Gasteiger charge is 2.34. The van der Waals surface area contributed by atoms with E-state index in [0.29, 0.717) is 19.4 Å². The lowest BCUT2D eigenvalue weighted by atomic mass is 9.94. The van der Waals surface area contributed by atoms with Gasteiger partial charge in [0.1, 0.15) is 6.61 Å². The monoisotopic (exact) mass is 225 g/mol. The van der Waals surface area contributed by atoms with Crippen LogP contribution in [0.5, 0.6) is 0 Å². The number of nitrogens with zero attached hydrogens (tertiary/aromatic N) is 1. The lowest BCUT2D eigenvalue weighted by Gasteiger charge is -2.32. The molecule has 15 heavy (non-hydrogen) atoms. The van der Waals surface area contributed by atoms with Crippen molar-refractivity contribution in [3.05, 3.63) is 0 Å². The van der Waals surface area contributed by atoms with Crippen LogP contribution in [0.2, 0.25) is 0 Å². The van der Waals surface area contributed by atoms with Crippen molar-refractivity contribution in [2.45, 2.75) is 25.4 Å². The first kappa shape index (κ1) is 12.3. The van der Waals surface area contributed by atoms with Gasteiger partial charge in [0.25, 0.3) is 0 Å². The Balaban J connectivity index is 2.46. The van der Waals surface area contributed by atoms with Gasteiger partial charge < -0.3 is 10.0 Å². The normalized spacial score (nSPS) is 22.9. The van der Waals surface area contributed by atoms with Crippen LogP contribution < -0.4 is 0 Å². The average molecular weight is 225 g/mol. The van der Waals surface area contributed by atoms with Gasteiger partial charge in [-0.15, -0.1) is 0 Å². The topological polar surface area (TPSA) is 40.5 Å². The van der Waals surface area contributed by atoms with E-state index >= 15 is 0 Å². The molecule has 0 bridgehead atoms. The van der Waals surface area contributed by atoms with E-state index < -0.39 is 31.0 Å². The molecular formula is C9H14F3NO2. The molecule has 1 fully saturated rings. The van der Waals surface area contributed by atoms with Crippen LogP contribution in [0.1, 0.15) is 19.3 Å². The minimum absolute atomic E-state index is 0.110. The lowest BCUT2D eigenvalue weighted by molar-refractivity contribution is -0.153. The number of likely N-dealkylation sites (tertiary alicyclic amines) is 1. The number of hydrogen-bond donors (Lipinski definition) is 1. The number of halogens is 3.